The minimum atomic E-state index is -0.397. The summed E-state index contributed by atoms with van der Waals surface area (Å²) in [6, 6.07) is 5.60. The van der Waals surface area contributed by atoms with E-state index in [2.05, 4.69) is 0 Å². The standard InChI is InChI=1S/C12H13ClN2O/c1-3-15-10-5-4-8(13)6-9(10)7(2)11(15)12(14)16/h4-6H,3H2,1-2H3,(H2,14,16). The molecule has 0 aliphatic carbocycles. The Labute approximate surface area is 98.8 Å². The molecule has 2 N–H and O–H groups in total. The molecule has 16 heavy (non-hydrogen) atoms. The topological polar surface area (TPSA) is 48.0 Å². The average Bonchev–Trinajstić information content (AvgIpc) is 2.51. The van der Waals surface area contributed by atoms with Crippen molar-refractivity contribution in [1.82, 2.24) is 4.57 Å². The van der Waals surface area contributed by atoms with Crippen LogP contribution in [0.2, 0.25) is 5.02 Å². The molecule has 1 heterocycles. The zero-order valence-electron chi connectivity index (χ0n) is 9.25. The first-order valence-corrected chi connectivity index (χ1v) is 5.52. The number of fused-ring (bicyclic) bond motifs is 1. The number of carbonyl (C=O) groups is 1. The molecule has 1 aromatic heterocycles. The third-order valence-electron chi connectivity index (χ3n) is 2.83. The highest BCUT2D eigenvalue weighted by molar-refractivity contribution is 6.31. The molecule has 1 aromatic carbocycles. The van der Waals surface area contributed by atoms with Gasteiger partial charge in [-0.05, 0) is 37.6 Å². The number of rotatable bonds is 2. The van der Waals surface area contributed by atoms with Gasteiger partial charge in [0.2, 0.25) is 0 Å². The summed E-state index contributed by atoms with van der Waals surface area (Å²) in [5, 5.41) is 1.66. The van der Waals surface area contributed by atoms with Gasteiger partial charge in [0.25, 0.3) is 5.91 Å². The lowest BCUT2D eigenvalue weighted by atomic mass is 10.1. The van der Waals surface area contributed by atoms with Gasteiger partial charge in [0, 0.05) is 22.5 Å². The second-order valence-electron chi connectivity index (χ2n) is 3.74. The molecule has 0 radical (unpaired) electrons. The monoisotopic (exact) mass is 236 g/mol. The van der Waals surface area contributed by atoms with Gasteiger partial charge in [-0.1, -0.05) is 11.6 Å². The molecule has 0 spiro atoms. The molecule has 0 aliphatic rings. The Morgan fingerprint density at radius 2 is 2.19 bits per heavy atom. The first-order chi connectivity index (χ1) is 7.56. The summed E-state index contributed by atoms with van der Waals surface area (Å²) in [4.78, 5) is 11.4. The average molecular weight is 237 g/mol. The lowest BCUT2D eigenvalue weighted by molar-refractivity contribution is 0.0991. The maximum Gasteiger partial charge on any atom is 0.265 e. The summed E-state index contributed by atoms with van der Waals surface area (Å²) in [6.45, 7) is 4.59. The fourth-order valence-electron chi connectivity index (χ4n) is 2.14. The third kappa shape index (κ3) is 1.48. The van der Waals surface area contributed by atoms with Gasteiger partial charge in [-0.15, -0.1) is 0 Å². The molecule has 0 bridgehead atoms. The molecule has 0 unspecified atom stereocenters. The van der Waals surface area contributed by atoms with Gasteiger partial charge in [0.05, 0.1) is 0 Å². The van der Waals surface area contributed by atoms with E-state index in [0.717, 1.165) is 16.5 Å². The molecule has 1 amide bonds. The minimum Gasteiger partial charge on any atom is -0.364 e. The van der Waals surface area contributed by atoms with E-state index >= 15 is 0 Å². The molecule has 3 nitrogen and oxygen atoms in total. The smallest absolute Gasteiger partial charge is 0.265 e. The molecule has 0 atom stereocenters. The number of halogens is 1. The van der Waals surface area contributed by atoms with Gasteiger partial charge < -0.3 is 10.3 Å². The van der Waals surface area contributed by atoms with Gasteiger partial charge in [0.1, 0.15) is 5.69 Å². The Balaban J connectivity index is 2.90. The summed E-state index contributed by atoms with van der Waals surface area (Å²) in [5.74, 6) is -0.397. The molecule has 84 valence electrons. The van der Waals surface area contributed by atoms with Crippen LogP contribution in [0, 0.1) is 6.92 Å². The second-order valence-corrected chi connectivity index (χ2v) is 4.18. The summed E-state index contributed by atoms with van der Waals surface area (Å²) < 4.78 is 1.92. The molecule has 4 heteroatoms. The Bertz CT molecular complexity index is 572. The van der Waals surface area contributed by atoms with Crippen molar-refractivity contribution >= 4 is 28.4 Å². The summed E-state index contributed by atoms with van der Waals surface area (Å²) >= 11 is 5.95. The molecule has 0 saturated carbocycles. The van der Waals surface area contributed by atoms with E-state index in [1.807, 2.05) is 36.6 Å². The number of benzene rings is 1. The molecule has 0 saturated heterocycles. The summed E-state index contributed by atoms with van der Waals surface area (Å²) in [7, 11) is 0. The second kappa shape index (κ2) is 3.83. The zero-order valence-corrected chi connectivity index (χ0v) is 10.0. The van der Waals surface area contributed by atoms with E-state index in [0.29, 0.717) is 17.3 Å². The van der Waals surface area contributed by atoms with Crippen LogP contribution in [-0.2, 0) is 6.54 Å². The van der Waals surface area contributed by atoms with E-state index in [1.54, 1.807) is 0 Å². The Hall–Kier alpha value is -1.48. The fraction of sp³-hybridized carbons (Fsp3) is 0.250. The number of hydrogen-bond donors (Lipinski definition) is 1. The molecular formula is C12H13ClN2O. The Morgan fingerprint density at radius 1 is 1.50 bits per heavy atom. The molecule has 2 rings (SSSR count). The van der Waals surface area contributed by atoms with Crippen LogP contribution in [0.1, 0.15) is 23.0 Å². The number of primary amides is 1. The highest BCUT2D eigenvalue weighted by atomic mass is 35.5. The van der Waals surface area contributed by atoms with Gasteiger partial charge in [-0.25, -0.2) is 0 Å². The SMILES string of the molecule is CCn1c(C(N)=O)c(C)c2cc(Cl)ccc21. The van der Waals surface area contributed by atoms with Crippen molar-refractivity contribution in [2.75, 3.05) is 0 Å². The van der Waals surface area contributed by atoms with Crippen molar-refractivity contribution in [2.45, 2.75) is 20.4 Å². The Morgan fingerprint density at radius 3 is 2.75 bits per heavy atom. The van der Waals surface area contributed by atoms with Crippen molar-refractivity contribution in [2.24, 2.45) is 5.73 Å². The predicted octanol–water partition coefficient (Wildman–Crippen LogP) is 2.72. The van der Waals surface area contributed by atoms with Crippen LogP contribution >= 0.6 is 11.6 Å². The first-order valence-electron chi connectivity index (χ1n) is 5.14. The van der Waals surface area contributed by atoms with Crippen LogP contribution in [0.25, 0.3) is 10.9 Å². The quantitative estimate of drug-likeness (QED) is 0.856. The Kier molecular flexibility index (Phi) is 2.64. The lowest BCUT2D eigenvalue weighted by Gasteiger charge is -2.04. The van der Waals surface area contributed by atoms with Crippen molar-refractivity contribution in [3.63, 3.8) is 0 Å². The van der Waals surface area contributed by atoms with E-state index in [1.165, 1.54) is 0 Å². The number of nitrogens with zero attached hydrogens (tertiary/aromatic N) is 1. The van der Waals surface area contributed by atoms with E-state index in [-0.39, 0.29) is 0 Å². The number of carbonyl (C=O) groups excluding carboxylic acids is 1. The van der Waals surface area contributed by atoms with Crippen LogP contribution in [0.3, 0.4) is 0 Å². The maximum absolute atomic E-state index is 11.4. The van der Waals surface area contributed by atoms with Crippen LogP contribution in [0.4, 0.5) is 0 Å². The van der Waals surface area contributed by atoms with Crippen molar-refractivity contribution in [1.29, 1.82) is 0 Å². The molecule has 2 aromatic rings. The van der Waals surface area contributed by atoms with E-state index in [4.69, 9.17) is 17.3 Å². The summed E-state index contributed by atoms with van der Waals surface area (Å²) in [6.07, 6.45) is 0. The number of aromatic nitrogens is 1. The van der Waals surface area contributed by atoms with Crippen LogP contribution in [0.15, 0.2) is 18.2 Å². The predicted molar refractivity (Wildman–Crippen MR) is 65.9 cm³/mol. The minimum absolute atomic E-state index is 0.397. The zero-order chi connectivity index (χ0) is 11.9. The van der Waals surface area contributed by atoms with E-state index < -0.39 is 5.91 Å². The number of nitrogens with two attached hydrogens (primary N) is 1. The number of aryl methyl sites for hydroxylation is 2. The van der Waals surface area contributed by atoms with Crippen molar-refractivity contribution in [3.8, 4) is 0 Å². The summed E-state index contributed by atoms with van der Waals surface area (Å²) in [5.41, 5.74) is 7.86. The van der Waals surface area contributed by atoms with Gasteiger partial charge >= 0.3 is 0 Å². The van der Waals surface area contributed by atoms with Gasteiger partial charge in [-0.2, -0.15) is 0 Å². The van der Waals surface area contributed by atoms with E-state index in [9.17, 15) is 4.79 Å². The normalized spacial score (nSPS) is 10.9. The lowest BCUT2D eigenvalue weighted by Crippen LogP contribution is -2.17. The maximum atomic E-state index is 11.4. The van der Waals surface area contributed by atoms with Crippen LogP contribution in [0.5, 0.6) is 0 Å². The van der Waals surface area contributed by atoms with Gasteiger partial charge in [-0.3, -0.25) is 4.79 Å². The van der Waals surface area contributed by atoms with Crippen LogP contribution < -0.4 is 5.73 Å². The molecule has 0 aliphatic heterocycles. The fourth-order valence-corrected chi connectivity index (χ4v) is 2.31. The largest absolute Gasteiger partial charge is 0.364 e. The first kappa shape index (κ1) is 11.0. The highest BCUT2D eigenvalue weighted by Crippen LogP contribution is 2.27. The van der Waals surface area contributed by atoms with Gasteiger partial charge in [0.15, 0.2) is 0 Å². The van der Waals surface area contributed by atoms with Crippen LogP contribution in [-0.4, -0.2) is 10.5 Å². The molecular weight excluding hydrogens is 224 g/mol. The molecule has 0 fully saturated rings. The number of hydrogen-bond acceptors (Lipinski definition) is 1. The third-order valence-corrected chi connectivity index (χ3v) is 3.06. The number of amides is 1. The van der Waals surface area contributed by atoms with Crippen molar-refractivity contribution < 1.29 is 4.79 Å². The highest BCUT2D eigenvalue weighted by Gasteiger charge is 2.16. The van der Waals surface area contributed by atoms with Crippen molar-refractivity contribution in [3.05, 3.63) is 34.5 Å².